The van der Waals surface area contributed by atoms with E-state index in [4.69, 9.17) is 4.42 Å². The summed E-state index contributed by atoms with van der Waals surface area (Å²) < 4.78 is 18.7. The summed E-state index contributed by atoms with van der Waals surface area (Å²) in [5.74, 6) is 0.385. The van der Waals surface area contributed by atoms with Crippen molar-refractivity contribution >= 4 is 21.7 Å². The molecule has 0 amide bonds. The zero-order chi connectivity index (χ0) is 11.7. The Balaban J connectivity index is 2.42. The lowest BCUT2D eigenvalue weighted by atomic mass is 10.2. The third-order valence-electron chi connectivity index (χ3n) is 2.16. The fourth-order valence-electron chi connectivity index (χ4n) is 1.33. The lowest BCUT2D eigenvalue weighted by molar-refractivity contribution is 0.0988. The Morgan fingerprint density at radius 1 is 1.31 bits per heavy atom. The summed E-state index contributed by atoms with van der Waals surface area (Å²) in [6, 6.07) is 7.85. The van der Waals surface area contributed by atoms with Crippen molar-refractivity contribution in [1.29, 1.82) is 0 Å². The number of furan rings is 1. The van der Waals surface area contributed by atoms with Crippen molar-refractivity contribution in [3.63, 3.8) is 0 Å². The molecule has 0 fully saturated rings. The maximum Gasteiger partial charge on any atom is 0.194 e. The van der Waals surface area contributed by atoms with Crippen molar-refractivity contribution in [2.45, 2.75) is 6.92 Å². The zero-order valence-electron chi connectivity index (χ0n) is 8.46. The molecule has 1 aromatic carbocycles. The van der Waals surface area contributed by atoms with Gasteiger partial charge in [-0.2, -0.15) is 0 Å². The van der Waals surface area contributed by atoms with Crippen molar-refractivity contribution in [3.05, 3.63) is 46.4 Å². The van der Waals surface area contributed by atoms with Crippen LogP contribution in [0.25, 0.3) is 11.3 Å². The number of halogens is 2. The van der Waals surface area contributed by atoms with E-state index < -0.39 is 0 Å². The maximum atomic E-state index is 13.0. The fraction of sp³-hybridized carbons (Fsp3) is 0.0833. The molecule has 1 heterocycles. The van der Waals surface area contributed by atoms with Crippen LogP contribution in [-0.4, -0.2) is 5.78 Å². The van der Waals surface area contributed by atoms with Crippen LogP contribution in [0.1, 0.15) is 17.5 Å². The Morgan fingerprint density at radius 3 is 2.62 bits per heavy atom. The fourth-order valence-corrected chi connectivity index (χ4v) is 1.71. The standard InChI is InChI=1S/C12H8BrFO2/c1-7(15)11-4-5-12(16-11)8-2-3-10(14)9(13)6-8/h2-6H,1H3. The SMILES string of the molecule is CC(=O)c1ccc(-c2ccc(F)c(Br)c2)o1. The van der Waals surface area contributed by atoms with Gasteiger partial charge in [0.05, 0.1) is 4.47 Å². The second kappa shape index (κ2) is 4.22. The van der Waals surface area contributed by atoms with Crippen LogP contribution in [0.3, 0.4) is 0 Å². The number of benzene rings is 1. The highest BCUT2D eigenvalue weighted by atomic mass is 79.9. The molecule has 0 aliphatic carbocycles. The van der Waals surface area contributed by atoms with E-state index in [1.165, 1.54) is 13.0 Å². The molecule has 0 unspecified atom stereocenters. The van der Waals surface area contributed by atoms with Crippen LogP contribution in [0.4, 0.5) is 4.39 Å². The highest BCUT2D eigenvalue weighted by Crippen LogP contribution is 2.26. The molecule has 0 radical (unpaired) electrons. The topological polar surface area (TPSA) is 30.2 Å². The van der Waals surface area contributed by atoms with Gasteiger partial charge in [0.2, 0.25) is 0 Å². The first-order valence-corrected chi connectivity index (χ1v) is 5.43. The molecule has 2 nitrogen and oxygen atoms in total. The first-order chi connectivity index (χ1) is 7.58. The summed E-state index contributed by atoms with van der Waals surface area (Å²) in [7, 11) is 0. The summed E-state index contributed by atoms with van der Waals surface area (Å²) in [6.07, 6.45) is 0. The van der Waals surface area contributed by atoms with Crippen LogP contribution in [0.15, 0.2) is 39.2 Å². The van der Waals surface area contributed by atoms with Crippen molar-refractivity contribution in [3.8, 4) is 11.3 Å². The summed E-state index contributed by atoms with van der Waals surface area (Å²) in [5, 5.41) is 0. The van der Waals surface area contributed by atoms with Gasteiger partial charge in [-0.25, -0.2) is 4.39 Å². The predicted octanol–water partition coefficient (Wildman–Crippen LogP) is 4.05. The van der Waals surface area contributed by atoms with Gasteiger partial charge in [-0.3, -0.25) is 4.79 Å². The molecule has 0 aliphatic rings. The van der Waals surface area contributed by atoms with Gasteiger partial charge in [-0.05, 0) is 46.3 Å². The van der Waals surface area contributed by atoms with Gasteiger partial charge in [0.25, 0.3) is 0 Å². The lowest BCUT2D eigenvalue weighted by Crippen LogP contribution is -1.86. The molecule has 0 aliphatic heterocycles. The molecule has 0 saturated carbocycles. The van der Waals surface area contributed by atoms with E-state index in [2.05, 4.69) is 15.9 Å². The second-order valence-corrected chi connectivity index (χ2v) is 4.20. The van der Waals surface area contributed by atoms with Crippen LogP contribution >= 0.6 is 15.9 Å². The van der Waals surface area contributed by atoms with Crippen LogP contribution in [0, 0.1) is 5.82 Å². The van der Waals surface area contributed by atoms with E-state index in [0.29, 0.717) is 16.0 Å². The molecule has 16 heavy (non-hydrogen) atoms. The second-order valence-electron chi connectivity index (χ2n) is 3.35. The number of hydrogen-bond acceptors (Lipinski definition) is 2. The normalized spacial score (nSPS) is 10.4. The van der Waals surface area contributed by atoms with Gasteiger partial charge >= 0.3 is 0 Å². The Labute approximate surface area is 100 Å². The minimum Gasteiger partial charge on any atom is -0.453 e. The first kappa shape index (κ1) is 11.1. The molecule has 4 heteroatoms. The van der Waals surface area contributed by atoms with Gasteiger partial charge in [-0.1, -0.05) is 0 Å². The third kappa shape index (κ3) is 2.07. The van der Waals surface area contributed by atoms with Crippen LogP contribution in [0.5, 0.6) is 0 Å². The number of hydrogen-bond donors (Lipinski definition) is 0. The molecule has 0 saturated heterocycles. The van der Waals surface area contributed by atoms with E-state index in [9.17, 15) is 9.18 Å². The number of Topliss-reactive ketones (excluding diaryl/α,β-unsaturated/α-hetero) is 1. The number of carbonyl (C=O) groups is 1. The molecule has 82 valence electrons. The quantitative estimate of drug-likeness (QED) is 0.778. The van der Waals surface area contributed by atoms with E-state index in [0.717, 1.165) is 5.56 Å². The molecule has 0 spiro atoms. The number of rotatable bonds is 2. The predicted molar refractivity (Wildman–Crippen MR) is 61.8 cm³/mol. The minimum absolute atomic E-state index is 0.132. The molecule has 0 bridgehead atoms. The summed E-state index contributed by atoms with van der Waals surface area (Å²) in [4.78, 5) is 11.0. The molecule has 2 rings (SSSR count). The lowest BCUT2D eigenvalue weighted by Gasteiger charge is -1.99. The van der Waals surface area contributed by atoms with Gasteiger partial charge in [0, 0.05) is 12.5 Å². The van der Waals surface area contributed by atoms with E-state index >= 15 is 0 Å². The first-order valence-electron chi connectivity index (χ1n) is 4.64. The summed E-state index contributed by atoms with van der Waals surface area (Å²) in [6.45, 7) is 1.43. The van der Waals surface area contributed by atoms with Crippen molar-refractivity contribution in [2.24, 2.45) is 0 Å². The van der Waals surface area contributed by atoms with Crippen LogP contribution < -0.4 is 0 Å². The minimum atomic E-state index is -0.331. The molecular formula is C12H8BrFO2. The van der Waals surface area contributed by atoms with Crippen molar-refractivity contribution in [2.75, 3.05) is 0 Å². The number of carbonyl (C=O) groups excluding carboxylic acids is 1. The van der Waals surface area contributed by atoms with E-state index in [1.807, 2.05) is 0 Å². The monoisotopic (exact) mass is 282 g/mol. The van der Waals surface area contributed by atoms with Gasteiger partial charge in [-0.15, -0.1) is 0 Å². The van der Waals surface area contributed by atoms with E-state index in [-0.39, 0.29) is 11.6 Å². The Kier molecular flexibility index (Phi) is 2.92. The van der Waals surface area contributed by atoms with Gasteiger partial charge < -0.3 is 4.42 Å². The average molecular weight is 283 g/mol. The van der Waals surface area contributed by atoms with Crippen molar-refractivity contribution < 1.29 is 13.6 Å². The zero-order valence-corrected chi connectivity index (χ0v) is 10.0. The van der Waals surface area contributed by atoms with E-state index in [1.54, 1.807) is 24.3 Å². The third-order valence-corrected chi connectivity index (χ3v) is 2.76. The molecule has 0 atom stereocenters. The number of ketones is 1. The summed E-state index contributed by atoms with van der Waals surface area (Å²) >= 11 is 3.10. The molecule has 2 aromatic rings. The van der Waals surface area contributed by atoms with Gasteiger partial charge in [0.1, 0.15) is 11.6 Å². The maximum absolute atomic E-state index is 13.0. The molecular weight excluding hydrogens is 275 g/mol. The Morgan fingerprint density at radius 2 is 2.06 bits per heavy atom. The molecule has 0 N–H and O–H groups in total. The average Bonchev–Trinajstić information content (AvgIpc) is 2.71. The smallest absolute Gasteiger partial charge is 0.194 e. The molecule has 1 aromatic heterocycles. The Bertz CT molecular complexity index is 546. The highest BCUT2D eigenvalue weighted by Gasteiger charge is 2.09. The highest BCUT2D eigenvalue weighted by molar-refractivity contribution is 9.10. The van der Waals surface area contributed by atoms with Crippen molar-refractivity contribution in [1.82, 2.24) is 0 Å². The van der Waals surface area contributed by atoms with Gasteiger partial charge in [0.15, 0.2) is 11.5 Å². The van der Waals surface area contributed by atoms with Crippen LogP contribution in [-0.2, 0) is 0 Å². The van der Waals surface area contributed by atoms with Crippen LogP contribution in [0.2, 0.25) is 0 Å². The Hall–Kier alpha value is -1.42. The summed E-state index contributed by atoms with van der Waals surface area (Å²) in [5.41, 5.74) is 0.723. The largest absolute Gasteiger partial charge is 0.453 e.